The van der Waals surface area contributed by atoms with Gasteiger partial charge in [0.15, 0.2) is 0 Å². The predicted molar refractivity (Wildman–Crippen MR) is 82.5 cm³/mol. The van der Waals surface area contributed by atoms with Crippen LogP contribution in [-0.2, 0) is 0 Å². The first-order valence-corrected chi connectivity index (χ1v) is 8.29. The standard InChI is InChI=1S/C16H35NO2/c1-2-3-4-7-12-17(14-9-11-16-19)13-8-5-6-10-15-18/h18-19H,2-16H2,1H3. The summed E-state index contributed by atoms with van der Waals surface area (Å²) in [6.45, 7) is 6.43. The van der Waals surface area contributed by atoms with Gasteiger partial charge in [0.05, 0.1) is 0 Å². The van der Waals surface area contributed by atoms with Crippen LogP contribution in [0.2, 0.25) is 0 Å². The van der Waals surface area contributed by atoms with Gasteiger partial charge in [-0.2, -0.15) is 0 Å². The smallest absolute Gasteiger partial charge is 0.0431 e. The van der Waals surface area contributed by atoms with Gasteiger partial charge in [0, 0.05) is 13.2 Å². The van der Waals surface area contributed by atoms with E-state index in [1.54, 1.807) is 0 Å². The van der Waals surface area contributed by atoms with E-state index in [4.69, 9.17) is 10.2 Å². The van der Waals surface area contributed by atoms with E-state index in [0.717, 1.165) is 32.2 Å². The molecule has 0 aromatic carbocycles. The summed E-state index contributed by atoms with van der Waals surface area (Å²) in [5, 5.41) is 17.6. The minimum Gasteiger partial charge on any atom is -0.396 e. The molecule has 0 aliphatic rings. The molecule has 0 amide bonds. The SMILES string of the molecule is CCCCCCN(CCCCO)CCCCCCO. The van der Waals surface area contributed by atoms with Crippen LogP contribution in [0.1, 0.15) is 71.1 Å². The first-order chi connectivity index (χ1) is 9.35. The highest BCUT2D eigenvalue weighted by molar-refractivity contribution is 4.59. The summed E-state index contributed by atoms with van der Waals surface area (Å²) in [5.41, 5.74) is 0. The maximum atomic E-state index is 8.86. The zero-order valence-electron chi connectivity index (χ0n) is 12.9. The van der Waals surface area contributed by atoms with Crippen molar-refractivity contribution in [2.75, 3.05) is 32.8 Å². The first-order valence-electron chi connectivity index (χ1n) is 8.29. The van der Waals surface area contributed by atoms with E-state index in [2.05, 4.69) is 11.8 Å². The number of hydrogen-bond donors (Lipinski definition) is 2. The molecule has 0 radical (unpaired) electrons. The fourth-order valence-electron chi connectivity index (χ4n) is 2.35. The van der Waals surface area contributed by atoms with E-state index in [1.165, 1.54) is 51.6 Å². The van der Waals surface area contributed by atoms with Crippen LogP contribution >= 0.6 is 0 Å². The average Bonchev–Trinajstić information content (AvgIpc) is 2.42. The quantitative estimate of drug-likeness (QED) is 0.450. The van der Waals surface area contributed by atoms with Crippen molar-refractivity contribution in [3.05, 3.63) is 0 Å². The second-order valence-electron chi connectivity index (χ2n) is 5.47. The molecular formula is C16H35NO2. The van der Waals surface area contributed by atoms with E-state index in [0.29, 0.717) is 13.2 Å². The molecule has 0 saturated carbocycles. The zero-order valence-corrected chi connectivity index (χ0v) is 12.9. The highest BCUT2D eigenvalue weighted by Crippen LogP contribution is 2.06. The molecule has 0 saturated heterocycles. The van der Waals surface area contributed by atoms with Crippen molar-refractivity contribution in [2.24, 2.45) is 0 Å². The van der Waals surface area contributed by atoms with E-state index < -0.39 is 0 Å². The zero-order chi connectivity index (χ0) is 14.2. The lowest BCUT2D eigenvalue weighted by Crippen LogP contribution is -2.27. The number of aliphatic hydroxyl groups excluding tert-OH is 2. The Balaban J connectivity index is 3.63. The minimum atomic E-state index is 0.320. The molecule has 2 N–H and O–H groups in total. The minimum absolute atomic E-state index is 0.320. The Morgan fingerprint density at radius 1 is 0.579 bits per heavy atom. The van der Waals surface area contributed by atoms with Crippen LogP contribution in [0, 0.1) is 0 Å². The summed E-state index contributed by atoms with van der Waals surface area (Å²) < 4.78 is 0. The molecule has 3 nitrogen and oxygen atoms in total. The monoisotopic (exact) mass is 273 g/mol. The van der Waals surface area contributed by atoms with Gasteiger partial charge >= 0.3 is 0 Å². The highest BCUT2D eigenvalue weighted by Gasteiger charge is 2.04. The molecule has 0 aromatic heterocycles. The lowest BCUT2D eigenvalue weighted by atomic mass is 10.1. The summed E-state index contributed by atoms with van der Waals surface area (Å²) in [7, 11) is 0. The third kappa shape index (κ3) is 14.1. The second-order valence-corrected chi connectivity index (χ2v) is 5.47. The molecule has 0 spiro atoms. The van der Waals surface area contributed by atoms with Gasteiger partial charge in [-0.05, 0) is 51.7 Å². The maximum absolute atomic E-state index is 8.86. The molecule has 0 aliphatic heterocycles. The largest absolute Gasteiger partial charge is 0.396 e. The molecule has 0 fully saturated rings. The summed E-state index contributed by atoms with van der Waals surface area (Å²) in [5.74, 6) is 0. The van der Waals surface area contributed by atoms with E-state index in [1.807, 2.05) is 0 Å². The van der Waals surface area contributed by atoms with Crippen LogP contribution in [0.25, 0.3) is 0 Å². The topological polar surface area (TPSA) is 43.7 Å². The van der Waals surface area contributed by atoms with Gasteiger partial charge < -0.3 is 15.1 Å². The third-order valence-electron chi connectivity index (χ3n) is 3.59. The van der Waals surface area contributed by atoms with E-state index >= 15 is 0 Å². The van der Waals surface area contributed by atoms with E-state index in [9.17, 15) is 0 Å². The fourth-order valence-corrected chi connectivity index (χ4v) is 2.35. The van der Waals surface area contributed by atoms with Crippen molar-refractivity contribution in [2.45, 2.75) is 71.1 Å². The van der Waals surface area contributed by atoms with Gasteiger partial charge in [0.25, 0.3) is 0 Å². The van der Waals surface area contributed by atoms with Crippen LogP contribution in [0.3, 0.4) is 0 Å². The lowest BCUT2D eigenvalue weighted by molar-refractivity contribution is 0.232. The molecule has 19 heavy (non-hydrogen) atoms. The Labute approximate surface area is 120 Å². The van der Waals surface area contributed by atoms with Gasteiger partial charge in [0.2, 0.25) is 0 Å². The molecule has 3 heteroatoms. The summed E-state index contributed by atoms with van der Waals surface area (Å²) >= 11 is 0. The van der Waals surface area contributed by atoms with Crippen LogP contribution in [0.4, 0.5) is 0 Å². The van der Waals surface area contributed by atoms with Gasteiger partial charge in [0.1, 0.15) is 0 Å². The number of unbranched alkanes of at least 4 members (excludes halogenated alkanes) is 7. The molecular weight excluding hydrogens is 238 g/mol. The number of aliphatic hydroxyl groups is 2. The fraction of sp³-hybridized carbons (Fsp3) is 1.00. The molecule has 0 bridgehead atoms. The van der Waals surface area contributed by atoms with Crippen LogP contribution in [0.15, 0.2) is 0 Å². The molecule has 116 valence electrons. The normalized spacial score (nSPS) is 11.4. The first kappa shape index (κ1) is 18.9. The number of hydrogen-bond acceptors (Lipinski definition) is 3. The number of nitrogens with zero attached hydrogens (tertiary/aromatic N) is 1. The Morgan fingerprint density at radius 3 is 1.53 bits per heavy atom. The maximum Gasteiger partial charge on any atom is 0.0431 e. The van der Waals surface area contributed by atoms with Crippen molar-refractivity contribution in [3.8, 4) is 0 Å². The molecule has 0 heterocycles. The summed E-state index contributed by atoms with van der Waals surface area (Å²) in [6, 6.07) is 0. The Hall–Kier alpha value is -0.120. The van der Waals surface area contributed by atoms with Crippen LogP contribution < -0.4 is 0 Å². The van der Waals surface area contributed by atoms with Gasteiger partial charge in [-0.3, -0.25) is 0 Å². The summed E-state index contributed by atoms with van der Waals surface area (Å²) in [4.78, 5) is 2.56. The summed E-state index contributed by atoms with van der Waals surface area (Å²) in [6.07, 6.45) is 11.9. The van der Waals surface area contributed by atoms with Crippen LogP contribution in [0.5, 0.6) is 0 Å². The lowest BCUT2D eigenvalue weighted by Gasteiger charge is -2.22. The van der Waals surface area contributed by atoms with Crippen molar-refractivity contribution >= 4 is 0 Å². The van der Waals surface area contributed by atoms with E-state index in [-0.39, 0.29) is 0 Å². The highest BCUT2D eigenvalue weighted by atomic mass is 16.3. The Bertz CT molecular complexity index is 165. The molecule has 0 unspecified atom stereocenters. The molecule has 0 atom stereocenters. The van der Waals surface area contributed by atoms with Gasteiger partial charge in [-0.25, -0.2) is 0 Å². The van der Waals surface area contributed by atoms with Crippen molar-refractivity contribution in [3.63, 3.8) is 0 Å². The molecule has 0 aliphatic carbocycles. The Morgan fingerprint density at radius 2 is 1.00 bits per heavy atom. The molecule has 0 rings (SSSR count). The Kier molecular flexibility index (Phi) is 15.8. The van der Waals surface area contributed by atoms with Crippen molar-refractivity contribution in [1.82, 2.24) is 4.90 Å². The average molecular weight is 273 g/mol. The molecule has 0 aromatic rings. The van der Waals surface area contributed by atoms with Crippen LogP contribution in [-0.4, -0.2) is 48.0 Å². The number of rotatable bonds is 15. The second kappa shape index (κ2) is 15.9. The van der Waals surface area contributed by atoms with Crippen molar-refractivity contribution < 1.29 is 10.2 Å². The third-order valence-corrected chi connectivity index (χ3v) is 3.59. The van der Waals surface area contributed by atoms with Crippen molar-refractivity contribution in [1.29, 1.82) is 0 Å². The van der Waals surface area contributed by atoms with Gasteiger partial charge in [-0.1, -0.05) is 39.0 Å². The van der Waals surface area contributed by atoms with Gasteiger partial charge in [-0.15, -0.1) is 0 Å². The predicted octanol–water partition coefficient (Wildman–Crippen LogP) is 3.19.